The lowest BCUT2D eigenvalue weighted by Crippen LogP contribution is -2.13. The molecule has 0 bridgehead atoms. The van der Waals surface area contributed by atoms with Crippen LogP contribution in [0.1, 0.15) is 23.2 Å². The zero-order valence-corrected chi connectivity index (χ0v) is 8.40. The third kappa shape index (κ3) is 2.40. The molecule has 4 heteroatoms. The normalized spacial score (nSPS) is 14.9. The number of rotatable bonds is 4. The maximum Gasteiger partial charge on any atom is 0.250 e. The van der Waals surface area contributed by atoms with Gasteiger partial charge >= 0.3 is 0 Å². The van der Waals surface area contributed by atoms with Crippen molar-refractivity contribution in [3.8, 4) is 5.75 Å². The minimum atomic E-state index is -0.524. The predicted octanol–water partition coefficient (Wildman–Crippen LogP) is 1.16. The number of nitrogen functional groups attached to an aromatic ring is 1. The van der Waals surface area contributed by atoms with Crippen molar-refractivity contribution in [3.05, 3.63) is 23.8 Å². The van der Waals surface area contributed by atoms with Gasteiger partial charge in [0.05, 0.1) is 12.2 Å². The van der Waals surface area contributed by atoms with E-state index in [9.17, 15) is 4.79 Å². The third-order valence-corrected chi connectivity index (χ3v) is 2.47. The Hall–Kier alpha value is -1.71. The predicted molar refractivity (Wildman–Crippen MR) is 57.6 cm³/mol. The first-order valence-corrected chi connectivity index (χ1v) is 4.99. The smallest absolute Gasteiger partial charge is 0.250 e. The van der Waals surface area contributed by atoms with Crippen LogP contribution in [0.4, 0.5) is 5.69 Å². The molecule has 1 aromatic rings. The molecule has 2 rings (SSSR count). The van der Waals surface area contributed by atoms with Crippen LogP contribution in [0.25, 0.3) is 0 Å². The number of carbonyl (C=O) groups excluding carboxylic acids is 1. The molecular weight excluding hydrogens is 192 g/mol. The molecule has 1 aliphatic carbocycles. The lowest BCUT2D eigenvalue weighted by Gasteiger charge is -2.07. The molecule has 1 fully saturated rings. The number of nitrogens with two attached hydrogens (primary N) is 2. The summed E-state index contributed by atoms with van der Waals surface area (Å²) in [5.74, 6) is 0.814. The number of anilines is 1. The van der Waals surface area contributed by atoms with Gasteiger partial charge in [-0.3, -0.25) is 4.79 Å². The van der Waals surface area contributed by atoms with E-state index in [1.807, 2.05) is 0 Å². The van der Waals surface area contributed by atoms with Gasteiger partial charge in [0.15, 0.2) is 0 Å². The Morgan fingerprint density at radius 2 is 2.20 bits per heavy atom. The maximum atomic E-state index is 11.0. The number of ether oxygens (including phenoxy) is 1. The van der Waals surface area contributed by atoms with E-state index in [-0.39, 0.29) is 0 Å². The SMILES string of the molecule is NC(=O)c1cc(OCC2CC2)ccc1N. The molecule has 1 amide bonds. The summed E-state index contributed by atoms with van der Waals surface area (Å²) in [6, 6.07) is 4.99. The molecule has 1 aromatic carbocycles. The van der Waals surface area contributed by atoms with Crippen molar-refractivity contribution in [2.75, 3.05) is 12.3 Å². The van der Waals surface area contributed by atoms with E-state index in [0.29, 0.717) is 29.5 Å². The van der Waals surface area contributed by atoms with Crippen LogP contribution in [0.3, 0.4) is 0 Å². The van der Waals surface area contributed by atoms with Crippen LogP contribution in [0, 0.1) is 5.92 Å². The molecule has 1 aliphatic rings. The average Bonchev–Trinajstić information content (AvgIpc) is 3.00. The number of hydrogen-bond acceptors (Lipinski definition) is 3. The topological polar surface area (TPSA) is 78.3 Å². The monoisotopic (exact) mass is 206 g/mol. The van der Waals surface area contributed by atoms with Crippen molar-refractivity contribution in [2.45, 2.75) is 12.8 Å². The van der Waals surface area contributed by atoms with Crippen LogP contribution < -0.4 is 16.2 Å². The zero-order chi connectivity index (χ0) is 10.8. The second-order valence-electron chi connectivity index (χ2n) is 3.87. The quantitative estimate of drug-likeness (QED) is 0.725. The molecule has 0 heterocycles. The van der Waals surface area contributed by atoms with E-state index in [0.717, 1.165) is 0 Å². The van der Waals surface area contributed by atoms with Crippen molar-refractivity contribution < 1.29 is 9.53 Å². The standard InChI is InChI=1S/C11H14N2O2/c12-10-4-3-8(5-9(10)11(13)14)15-6-7-1-2-7/h3-5,7H,1-2,6,12H2,(H2,13,14). The molecule has 0 aromatic heterocycles. The summed E-state index contributed by atoms with van der Waals surface area (Å²) in [7, 11) is 0. The van der Waals surface area contributed by atoms with Gasteiger partial charge in [0, 0.05) is 5.69 Å². The Bertz CT molecular complexity index is 386. The summed E-state index contributed by atoms with van der Waals surface area (Å²) in [5.41, 5.74) is 11.5. The fraction of sp³-hybridized carbons (Fsp3) is 0.364. The van der Waals surface area contributed by atoms with Gasteiger partial charge in [-0.25, -0.2) is 0 Å². The van der Waals surface area contributed by atoms with Crippen LogP contribution in [0.5, 0.6) is 5.75 Å². The molecule has 15 heavy (non-hydrogen) atoms. The summed E-state index contributed by atoms with van der Waals surface area (Å²) in [5, 5.41) is 0. The fourth-order valence-corrected chi connectivity index (χ4v) is 1.34. The van der Waals surface area contributed by atoms with Gasteiger partial charge in [-0.15, -0.1) is 0 Å². The first-order chi connectivity index (χ1) is 7.16. The van der Waals surface area contributed by atoms with Gasteiger partial charge in [0.1, 0.15) is 5.75 Å². The van der Waals surface area contributed by atoms with Crippen molar-refractivity contribution >= 4 is 11.6 Å². The Balaban J connectivity index is 2.10. The second-order valence-corrected chi connectivity index (χ2v) is 3.87. The largest absolute Gasteiger partial charge is 0.493 e. The lowest BCUT2D eigenvalue weighted by atomic mass is 10.1. The highest BCUT2D eigenvalue weighted by atomic mass is 16.5. The van der Waals surface area contributed by atoms with Gasteiger partial charge in [0.2, 0.25) is 0 Å². The van der Waals surface area contributed by atoms with E-state index < -0.39 is 5.91 Å². The second kappa shape index (κ2) is 3.81. The fourth-order valence-electron chi connectivity index (χ4n) is 1.34. The van der Waals surface area contributed by atoms with E-state index in [4.69, 9.17) is 16.2 Å². The molecule has 4 N–H and O–H groups in total. The van der Waals surface area contributed by atoms with Gasteiger partial charge < -0.3 is 16.2 Å². The highest BCUT2D eigenvalue weighted by molar-refractivity contribution is 5.98. The van der Waals surface area contributed by atoms with E-state index >= 15 is 0 Å². The highest BCUT2D eigenvalue weighted by Crippen LogP contribution is 2.30. The molecular formula is C11H14N2O2. The van der Waals surface area contributed by atoms with Gasteiger partial charge in [-0.1, -0.05) is 0 Å². The van der Waals surface area contributed by atoms with Crippen LogP contribution in [0.2, 0.25) is 0 Å². The van der Waals surface area contributed by atoms with E-state index in [1.165, 1.54) is 12.8 Å². The van der Waals surface area contributed by atoms with Crippen molar-refractivity contribution in [1.82, 2.24) is 0 Å². The van der Waals surface area contributed by atoms with Gasteiger partial charge in [-0.05, 0) is 37.0 Å². The minimum absolute atomic E-state index is 0.322. The number of primary amides is 1. The van der Waals surface area contributed by atoms with Crippen LogP contribution in [-0.4, -0.2) is 12.5 Å². The van der Waals surface area contributed by atoms with Crippen LogP contribution in [-0.2, 0) is 0 Å². The summed E-state index contributed by atoms with van der Waals surface area (Å²) in [6.45, 7) is 0.710. The molecule has 1 saturated carbocycles. The number of hydrogen-bond donors (Lipinski definition) is 2. The summed E-state index contributed by atoms with van der Waals surface area (Å²) in [4.78, 5) is 11.0. The van der Waals surface area contributed by atoms with Crippen LogP contribution in [0.15, 0.2) is 18.2 Å². The van der Waals surface area contributed by atoms with Crippen molar-refractivity contribution in [1.29, 1.82) is 0 Å². The maximum absolute atomic E-state index is 11.0. The highest BCUT2D eigenvalue weighted by Gasteiger charge is 2.22. The zero-order valence-electron chi connectivity index (χ0n) is 8.40. The minimum Gasteiger partial charge on any atom is -0.493 e. The number of amides is 1. The number of carbonyl (C=O) groups is 1. The molecule has 80 valence electrons. The Kier molecular flexibility index (Phi) is 2.49. The number of benzene rings is 1. The summed E-state index contributed by atoms with van der Waals surface area (Å²) < 4.78 is 5.51. The van der Waals surface area contributed by atoms with Crippen LogP contribution >= 0.6 is 0 Å². The van der Waals surface area contributed by atoms with Gasteiger partial charge in [0.25, 0.3) is 5.91 Å². The van der Waals surface area contributed by atoms with E-state index in [2.05, 4.69) is 0 Å². The lowest BCUT2D eigenvalue weighted by molar-refractivity contribution is 0.100. The molecule has 0 aliphatic heterocycles. The van der Waals surface area contributed by atoms with Gasteiger partial charge in [-0.2, -0.15) is 0 Å². The first kappa shape index (κ1) is 9.83. The average molecular weight is 206 g/mol. The van der Waals surface area contributed by atoms with Crippen molar-refractivity contribution in [3.63, 3.8) is 0 Å². The Labute approximate surface area is 88.2 Å². The molecule has 4 nitrogen and oxygen atoms in total. The summed E-state index contributed by atoms with van der Waals surface area (Å²) >= 11 is 0. The molecule has 0 saturated heterocycles. The van der Waals surface area contributed by atoms with E-state index in [1.54, 1.807) is 18.2 Å². The first-order valence-electron chi connectivity index (χ1n) is 4.99. The molecule has 0 radical (unpaired) electrons. The Morgan fingerprint density at radius 1 is 1.47 bits per heavy atom. The molecule has 0 spiro atoms. The van der Waals surface area contributed by atoms with Crippen molar-refractivity contribution in [2.24, 2.45) is 11.7 Å². The molecule has 0 atom stereocenters. The summed E-state index contributed by atoms with van der Waals surface area (Å²) in [6.07, 6.45) is 2.47. The Morgan fingerprint density at radius 3 is 2.80 bits per heavy atom. The molecule has 0 unspecified atom stereocenters. The third-order valence-electron chi connectivity index (χ3n) is 2.47.